The van der Waals surface area contributed by atoms with Crippen LogP contribution in [0.1, 0.15) is 50.2 Å². The molecule has 2 amide bonds. The van der Waals surface area contributed by atoms with Gasteiger partial charge < -0.3 is 36.5 Å². The molecule has 2 aromatic rings. The van der Waals surface area contributed by atoms with E-state index in [0.717, 1.165) is 44.5 Å². The van der Waals surface area contributed by atoms with Crippen LogP contribution in [0.25, 0.3) is 0 Å². The minimum Gasteiger partial charge on any atom is -0.628 e. The lowest BCUT2D eigenvalue weighted by Crippen LogP contribution is -2.96. The maximum atomic E-state index is 13.5. The lowest BCUT2D eigenvalue weighted by molar-refractivity contribution is -0.715. The molecule has 1 atom stereocenters. The first-order valence-corrected chi connectivity index (χ1v) is 13.9. The summed E-state index contributed by atoms with van der Waals surface area (Å²) in [5.74, 6) is -1.29. The van der Waals surface area contributed by atoms with Crippen molar-refractivity contribution in [1.82, 2.24) is 20.9 Å². The van der Waals surface area contributed by atoms with E-state index in [9.17, 15) is 25.3 Å². The molecule has 41 heavy (non-hydrogen) atoms. The summed E-state index contributed by atoms with van der Waals surface area (Å²) < 4.78 is 0. The number of rotatable bonds is 9. The Morgan fingerprint density at radius 1 is 1.02 bits per heavy atom. The van der Waals surface area contributed by atoms with Gasteiger partial charge >= 0.3 is 0 Å². The van der Waals surface area contributed by atoms with Crippen LogP contribution in [0.15, 0.2) is 77.1 Å². The smallest absolute Gasteiger partial charge is 0.249 e. The number of quaternary nitrogens is 1. The van der Waals surface area contributed by atoms with Gasteiger partial charge in [-0.1, -0.05) is 42.5 Å². The monoisotopic (exact) mass is 557 g/mol. The van der Waals surface area contributed by atoms with Gasteiger partial charge in [-0.3, -0.25) is 9.59 Å². The number of carbonyl (C=O) groups is 2. The van der Waals surface area contributed by atoms with Crippen LogP contribution in [0.4, 0.5) is 5.69 Å². The van der Waals surface area contributed by atoms with Crippen molar-refractivity contribution >= 4 is 17.5 Å². The van der Waals surface area contributed by atoms with Gasteiger partial charge in [0.05, 0.1) is 11.5 Å². The van der Waals surface area contributed by atoms with E-state index in [4.69, 9.17) is 0 Å². The van der Waals surface area contributed by atoms with Gasteiger partial charge in [0, 0.05) is 42.1 Å². The first-order chi connectivity index (χ1) is 19.7. The second kappa shape index (κ2) is 13.1. The zero-order valence-electron chi connectivity index (χ0n) is 23.8. The van der Waals surface area contributed by atoms with E-state index in [2.05, 4.69) is 26.9 Å². The number of likely N-dealkylation sites (tertiary alicyclic amines) is 1. The summed E-state index contributed by atoms with van der Waals surface area (Å²) in [6, 6.07) is 18.6. The fourth-order valence-electron chi connectivity index (χ4n) is 5.86. The maximum absolute atomic E-state index is 13.5. The van der Waals surface area contributed by atoms with E-state index < -0.39 is 16.6 Å². The van der Waals surface area contributed by atoms with Gasteiger partial charge in [-0.25, -0.2) is 0 Å². The molecule has 1 unspecified atom stereocenters. The van der Waals surface area contributed by atoms with E-state index in [1.807, 2.05) is 30.3 Å². The second-order valence-electron chi connectivity index (χ2n) is 10.6. The average Bonchev–Trinajstić information content (AvgIpc) is 2.99. The highest BCUT2D eigenvalue weighted by Crippen LogP contribution is 2.38. The zero-order valence-corrected chi connectivity index (χ0v) is 23.8. The van der Waals surface area contributed by atoms with Crippen molar-refractivity contribution < 1.29 is 14.8 Å². The predicted molar refractivity (Wildman–Crippen MR) is 156 cm³/mol. The molecule has 1 saturated heterocycles. The molecule has 0 spiro atoms. The van der Waals surface area contributed by atoms with Crippen LogP contribution in [0, 0.1) is 21.7 Å². The molecule has 0 bridgehead atoms. The maximum Gasteiger partial charge on any atom is 0.249 e. The summed E-state index contributed by atoms with van der Waals surface area (Å²) in [5, 5.41) is 40.0. The fraction of sp³-hybridized carbons (Fsp3) is 0.387. The summed E-state index contributed by atoms with van der Waals surface area (Å²) >= 11 is 0. The quantitative estimate of drug-likeness (QED) is 0.273. The number of likely N-dealkylation sites (N-methyl/N-ethyl adjacent to an activating group) is 1. The van der Waals surface area contributed by atoms with Gasteiger partial charge in [-0.05, 0) is 76.0 Å². The average molecular weight is 558 g/mol. The molecular formula is C31H37N6O4-. The number of benzene rings is 2. The zero-order chi connectivity index (χ0) is 29.6. The minimum absolute atomic E-state index is 0.0186. The third-order valence-electron chi connectivity index (χ3n) is 8.14. The molecule has 4 rings (SSSR count). The molecule has 10 heteroatoms. The molecule has 2 aliphatic heterocycles. The number of nitrogens with one attached hydrogen (secondary N) is 4. The Hall–Kier alpha value is -4.01. The van der Waals surface area contributed by atoms with Gasteiger partial charge in [0.1, 0.15) is 5.69 Å². The Morgan fingerprint density at radius 2 is 1.63 bits per heavy atom. The number of allylic oxidation sites excluding steroid dienone is 2. The Kier molecular flexibility index (Phi) is 9.57. The Balaban J connectivity index is 1.40. The summed E-state index contributed by atoms with van der Waals surface area (Å²) in [7, 11) is 1.53. The molecule has 216 valence electrons. The number of nitriles is 1. The van der Waals surface area contributed by atoms with E-state index in [1.54, 1.807) is 26.0 Å². The number of nitrogens with zero attached hydrogens (tertiary/aromatic N) is 2. The van der Waals surface area contributed by atoms with Gasteiger partial charge in [0.25, 0.3) is 0 Å². The third-order valence-corrected chi connectivity index (χ3v) is 8.14. The Morgan fingerprint density at radius 3 is 2.20 bits per heavy atom. The molecule has 10 nitrogen and oxygen atoms in total. The summed E-state index contributed by atoms with van der Waals surface area (Å²) in [4.78, 5) is 28.8. The number of piperidine rings is 1. The number of carbonyl (C=O) groups excluding carboxylic acids is 2. The number of amides is 2. The molecular weight excluding hydrogens is 520 g/mol. The standard InChI is InChI=1S/C31H37N6O4/c1-21-26(29(38)33-3)28(23-10-12-25(13-11-23)37(40)41)27(22(2)35-21)30(39)34-16-7-17-36-18-14-31(20-32,15-19-36)24-8-5-4-6-9-24/h4-6,8-13,28,35,37H,7,14-19H2,1-3H3,(H,33,38)(H,34,39)/q-1. The van der Waals surface area contributed by atoms with Crippen LogP contribution < -0.4 is 21.2 Å². The Labute approximate surface area is 240 Å². The molecule has 2 aromatic carbocycles. The van der Waals surface area contributed by atoms with Crippen LogP contribution in [0.2, 0.25) is 0 Å². The minimum atomic E-state index is -1.29. The SMILES string of the molecule is CNC(=O)C1=C(C)NC(C)=C(C(=O)NCCCN2CCC(C#N)(c3ccccc3)CC2)C1c1ccc([NH+]([O-])[O-])cc1. The molecule has 1 fully saturated rings. The van der Waals surface area contributed by atoms with Crippen LogP contribution >= 0.6 is 0 Å². The normalized spacial score (nSPS) is 19.0. The summed E-state index contributed by atoms with van der Waals surface area (Å²) in [6.07, 6.45) is 2.27. The number of hydrogen-bond donors (Lipinski definition) is 4. The van der Waals surface area contributed by atoms with E-state index >= 15 is 0 Å². The van der Waals surface area contributed by atoms with E-state index in [1.165, 1.54) is 19.2 Å². The van der Waals surface area contributed by atoms with Gasteiger partial charge in [-0.15, -0.1) is 0 Å². The van der Waals surface area contributed by atoms with E-state index in [-0.39, 0.29) is 17.5 Å². The second-order valence-corrected chi connectivity index (χ2v) is 10.6. The van der Waals surface area contributed by atoms with Crippen molar-refractivity contribution in [2.24, 2.45) is 0 Å². The van der Waals surface area contributed by atoms with Gasteiger partial charge in [0.2, 0.25) is 11.8 Å². The third kappa shape index (κ3) is 6.50. The van der Waals surface area contributed by atoms with Crippen LogP contribution in [0.5, 0.6) is 0 Å². The molecule has 0 saturated carbocycles. The lowest BCUT2D eigenvalue weighted by Gasteiger charge is -2.37. The molecule has 4 N–H and O–H groups in total. The summed E-state index contributed by atoms with van der Waals surface area (Å²) in [6.45, 7) is 6.44. The molecule has 2 aliphatic rings. The van der Waals surface area contributed by atoms with Gasteiger partial charge in [-0.2, -0.15) is 5.26 Å². The van der Waals surface area contributed by atoms with Crippen molar-refractivity contribution in [2.45, 2.75) is 44.4 Å². The molecule has 0 aliphatic carbocycles. The van der Waals surface area contributed by atoms with Crippen molar-refractivity contribution in [3.05, 3.63) is 98.7 Å². The van der Waals surface area contributed by atoms with Crippen molar-refractivity contribution in [1.29, 1.82) is 5.26 Å². The molecule has 2 heterocycles. The van der Waals surface area contributed by atoms with E-state index in [0.29, 0.717) is 34.6 Å². The fourth-order valence-corrected chi connectivity index (χ4v) is 5.86. The van der Waals surface area contributed by atoms with Crippen molar-refractivity contribution in [3.8, 4) is 6.07 Å². The lowest BCUT2D eigenvalue weighted by atomic mass is 9.74. The predicted octanol–water partition coefficient (Wildman–Crippen LogP) is 2.24. The molecule has 0 aromatic heterocycles. The topological polar surface area (TPSA) is 148 Å². The highest BCUT2D eigenvalue weighted by molar-refractivity contribution is 6.03. The highest BCUT2D eigenvalue weighted by Gasteiger charge is 2.37. The van der Waals surface area contributed by atoms with Crippen LogP contribution in [-0.4, -0.2) is 49.9 Å². The highest BCUT2D eigenvalue weighted by atomic mass is 16.8. The first-order valence-electron chi connectivity index (χ1n) is 13.9. The number of dihydropyridines is 1. The number of hydrogen-bond acceptors (Lipinski definition) is 7. The summed E-state index contributed by atoms with van der Waals surface area (Å²) in [5.41, 5.74) is 3.34. The van der Waals surface area contributed by atoms with Crippen molar-refractivity contribution in [3.63, 3.8) is 0 Å². The van der Waals surface area contributed by atoms with Crippen molar-refractivity contribution in [2.75, 3.05) is 33.2 Å². The van der Waals surface area contributed by atoms with Crippen LogP contribution in [-0.2, 0) is 15.0 Å². The van der Waals surface area contributed by atoms with Crippen LogP contribution in [0.3, 0.4) is 0 Å². The first kappa shape index (κ1) is 30.0. The largest absolute Gasteiger partial charge is 0.628 e. The van der Waals surface area contributed by atoms with Gasteiger partial charge in [0.15, 0.2) is 0 Å². The Bertz CT molecular complexity index is 1350. The molecule has 0 radical (unpaired) electrons.